The second kappa shape index (κ2) is 4.36. The number of Topliss-reactive ketones (excluding diaryl/α,β-unsaturated/α-hetero) is 1. The van der Waals surface area contributed by atoms with Gasteiger partial charge in [0, 0.05) is 11.5 Å². The quantitative estimate of drug-likeness (QED) is 0.774. The summed E-state index contributed by atoms with van der Waals surface area (Å²) in [7, 11) is 1.55. The average molecular weight is 215 g/mol. The Morgan fingerprint density at radius 1 is 1.50 bits per heavy atom. The first-order valence-corrected chi connectivity index (χ1v) is 5.34. The van der Waals surface area contributed by atoms with Crippen LogP contribution >= 0.6 is 0 Å². The maximum absolute atomic E-state index is 11.9. The van der Waals surface area contributed by atoms with Gasteiger partial charge >= 0.3 is 0 Å². The van der Waals surface area contributed by atoms with Crippen LogP contribution in [0.3, 0.4) is 0 Å². The Bertz CT molecular complexity index is 443. The van der Waals surface area contributed by atoms with E-state index >= 15 is 0 Å². The Morgan fingerprint density at radius 2 is 2.19 bits per heavy atom. The van der Waals surface area contributed by atoms with Crippen LogP contribution in [0.25, 0.3) is 0 Å². The van der Waals surface area contributed by atoms with Crippen molar-refractivity contribution in [3.63, 3.8) is 0 Å². The summed E-state index contributed by atoms with van der Waals surface area (Å²) in [6, 6.07) is 9.30. The molecule has 0 amide bonds. The van der Waals surface area contributed by atoms with Gasteiger partial charge in [0.15, 0.2) is 5.78 Å². The molecule has 0 bridgehead atoms. The van der Waals surface area contributed by atoms with Gasteiger partial charge in [-0.2, -0.15) is 5.26 Å². The minimum atomic E-state index is -0.677. The Hall–Kier alpha value is -1.82. The Balaban J connectivity index is 2.32. The molecule has 82 valence electrons. The minimum Gasteiger partial charge on any atom is -0.496 e. The predicted molar refractivity (Wildman–Crippen MR) is 59.1 cm³/mol. The molecule has 0 spiro atoms. The monoisotopic (exact) mass is 215 g/mol. The highest BCUT2D eigenvalue weighted by molar-refractivity contribution is 5.92. The summed E-state index contributed by atoms with van der Waals surface area (Å²) in [6.45, 7) is 0. The van der Waals surface area contributed by atoms with Crippen molar-refractivity contribution in [2.45, 2.75) is 18.8 Å². The molecule has 0 saturated heterocycles. The molecule has 16 heavy (non-hydrogen) atoms. The third kappa shape index (κ3) is 1.92. The van der Waals surface area contributed by atoms with Gasteiger partial charge in [-0.05, 0) is 18.9 Å². The number of nitrogens with zero attached hydrogens (tertiary/aromatic N) is 1. The number of methoxy groups -OCH3 is 1. The van der Waals surface area contributed by atoms with E-state index in [-0.39, 0.29) is 11.7 Å². The zero-order chi connectivity index (χ0) is 11.5. The molecule has 0 unspecified atom stereocenters. The summed E-state index contributed by atoms with van der Waals surface area (Å²) in [4.78, 5) is 11.9. The molecule has 0 aromatic heterocycles. The van der Waals surface area contributed by atoms with Gasteiger partial charge < -0.3 is 4.74 Å². The summed E-state index contributed by atoms with van der Waals surface area (Å²) in [6.07, 6.45) is 1.85. The summed E-state index contributed by atoms with van der Waals surface area (Å²) in [5.74, 6) is 0.0632. The number of para-hydroxylation sites is 1. The maximum atomic E-state index is 11.9. The van der Waals surface area contributed by atoms with Gasteiger partial charge in [0.05, 0.1) is 13.2 Å². The highest BCUT2D eigenvalue weighted by Gasteiger charge is 2.36. The van der Waals surface area contributed by atoms with Crippen LogP contribution in [0.5, 0.6) is 5.75 Å². The number of nitriles is 1. The molecule has 0 N–H and O–H groups in total. The minimum absolute atomic E-state index is 0.0343. The van der Waals surface area contributed by atoms with Crippen molar-refractivity contribution in [2.24, 2.45) is 5.92 Å². The van der Waals surface area contributed by atoms with E-state index in [1.807, 2.05) is 12.1 Å². The van der Waals surface area contributed by atoms with Gasteiger partial charge in [0.2, 0.25) is 0 Å². The van der Waals surface area contributed by atoms with Crippen LogP contribution in [0, 0.1) is 17.2 Å². The molecular weight excluding hydrogens is 202 g/mol. The van der Waals surface area contributed by atoms with Crippen LogP contribution in [-0.2, 0) is 4.79 Å². The third-order valence-electron chi connectivity index (χ3n) is 2.84. The summed E-state index contributed by atoms with van der Waals surface area (Å²) >= 11 is 0. The fourth-order valence-corrected chi connectivity index (χ4v) is 1.79. The predicted octanol–water partition coefficient (Wildman–Crippen LogP) is 2.28. The number of ether oxygens (including phenoxy) is 1. The number of benzene rings is 1. The van der Waals surface area contributed by atoms with Crippen molar-refractivity contribution in [3.05, 3.63) is 29.8 Å². The number of rotatable bonds is 4. The second-order valence-electron chi connectivity index (χ2n) is 3.98. The van der Waals surface area contributed by atoms with E-state index in [1.165, 1.54) is 0 Å². The Kier molecular flexibility index (Phi) is 2.91. The molecule has 1 aliphatic carbocycles. The van der Waals surface area contributed by atoms with Crippen LogP contribution in [0.1, 0.15) is 24.3 Å². The lowest BCUT2D eigenvalue weighted by Gasteiger charge is -2.12. The molecule has 1 atom stereocenters. The van der Waals surface area contributed by atoms with Gasteiger partial charge in [-0.1, -0.05) is 18.2 Å². The molecule has 3 heteroatoms. The standard InChI is InChI=1S/C13H13NO2/c1-16-12-5-3-2-4-10(12)11(8-14)13(15)9-6-7-9/h2-5,9,11H,6-7H2,1H3/t11-/m1/s1. The summed E-state index contributed by atoms with van der Waals surface area (Å²) in [5.41, 5.74) is 0.685. The van der Waals surface area contributed by atoms with E-state index in [4.69, 9.17) is 10.00 Å². The molecule has 0 heterocycles. The maximum Gasteiger partial charge on any atom is 0.157 e. The lowest BCUT2D eigenvalue weighted by Crippen LogP contribution is -2.13. The van der Waals surface area contributed by atoms with Crippen molar-refractivity contribution in [3.8, 4) is 11.8 Å². The van der Waals surface area contributed by atoms with Crippen LogP contribution < -0.4 is 4.74 Å². The van der Waals surface area contributed by atoms with E-state index in [2.05, 4.69) is 6.07 Å². The van der Waals surface area contributed by atoms with Crippen LogP contribution in [0.4, 0.5) is 0 Å². The van der Waals surface area contributed by atoms with Crippen LogP contribution in [0.2, 0.25) is 0 Å². The zero-order valence-electron chi connectivity index (χ0n) is 9.14. The number of carbonyl (C=O) groups excluding carboxylic acids is 1. The van der Waals surface area contributed by atoms with Gasteiger partial charge in [-0.15, -0.1) is 0 Å². The first-order chi connectivity index (χ1) is 7.77. The summed E-state index contributed by atoms with van der Waals surface area (Å²) in [5, 5.41) is 9.12. The van der Waals surface area contributed by atoms with Gasteiger partial charge in [-0.3, -0.25) is 4.79 Å². The second-order valence-corrected chi connectivity index (χ2v) is 3.98. The van der Waals surface area contributed by atoms with Crippen molar-refractivity contribution >= 4 is 5.78 Å². The van der Waals surface area contributed by atoms with Crippen molar-refractivity contribution < 1.29 is 9.53 Å². The number of ketones is 1. The number of carbonyl (C=O) groups is 1. The van der Waals surface area contributed by atoms with E-state index in [0.717, 1.165) is 12.8 Å². The molecule has 2 rings (SSSR count). The molecule has 3 nitrogen and oxygen atoms in total. The fourth-order valence-electron chi connectivity index (χ4n) is 1.79. The lowest BCUT2D eigenvalue weighted by molar-refractivity contribution is -0.120. The van der Waals surface area contributed by atoms with Gasteiger partial charge in [0.25, 0.3) is 0 Å². The van der Waals surface area contributed by atoms with E-state index < -0.39 is 5.92 Å². The van der Waals surface area contributed by atoms with Crippen molar-refractivity contribution in [1.82, 2.24) is 0 Å². The first kappa shape index (κ1) is 10.7. The molecule has 0 radical (unpaired) electrons. The zero-order valence-corrected chi connectivity index (χ0v) is 9.14. The van der Waals surface area contributed by atoms with Gasteiger partial charge in [0.1, 0.15) is 11.7 Å². The molecular formula is C13H13NO2. The Labute approximate surface area is 94.6 Å². The third-order valence-corrected chi connectivity index (χ3v) is 2.84. The largest absolute Gasteiger partial charge is 0.496 e. The Morgan fingerprint density at radius 3 is 2.75 bits per heavy atom. The number of hydrogen-bond acceptors (Lipinski definition) is 3. The van der Waals surface area contributed by atoms with E-state index in [9.17, 15) is 4.79 Å². The van der Waals surface area contributed by atoms with Crippen LogP contribution in [-0.4, -0.2) is 12.9 Å². The molecule has 1 aromatic rings. The summed E-state index contributed by atoms with van der Waals surface area (Å²) < 4.78 is 5.18. The SMILES string of the molecule is COc1ccccc1[C@@H](C#N)C(=O)C1CC1. The average Bonchev–Trinajstić information content (AvgIpc) is 3.14. The smallest absolute Gasteiger partial charge is 0.157 e. The lowest BCUT2D eigenvalue weighted by atomic mass is 9.93. The molecule has 1 aliphatic rings. The van der Waals surface area contributed by atoms with Crippen molar-refractivity contribution in [1.29, 1.82) is 5.26 Å². The first-order valence-electron chi connectivity index (χ1n) is 5.34. The van der Waals surface area contributed by atoms with E-state index in [0.29, 0.717) is 11.3 Å². The molecule has 1 fully saturated rings. The topological polar surface area (TPSA) is 50.1 Å². The molecule has 1 aromatic carbocycles. The normalized spacial score (nSPS) is 16.2. The van der Waals surface area contributed by atoms with Crippen LogP contribution in [0.15, 0.2) is 24.3 Å². The number of hydrogen-bond donors (Lipinski definition) is 0. The molecule has 0 aliphatic heterocycles. The van der Waals surface area contributed by atoms with E-state index in [1.54, 1.807) is 19.2 Å². The fraction of sp³-hybridized carbons (Fsp3) is 0.385. The van der Waals surface area contributed by atoms with Crippen molar-refractivity contribution in [2.75, 3.05) is 7.11 Å². The highest BCUT2D eigenvalue weighted by atomic mass is 16.5. The van der Waals surface area contributed by atoms with Gasteiger partial charge in [-0.25, -0.2) is 0 Å². The highest BCUT2D eigenvalue weighted by Crippen LogP contribution is 2.37. The molecule has 1 saturated carbocycles.